The van der Waals surface area contributed by atoms with Gasteiger partial charge in [0.2, 0.25) is 11.8 Å². The molecule has 1 heterocycles. The van der Waals surface area contributed by atoms with Crippen LogP contribution >= 0.6 is 25.3 Å². The molecule has 2 amide bonds. The monoisotopic (exact) mass is 606 g/mol. The van der Waals surface area contributed by atoms with Crippen molar-refractivity contribution in [1.82, 2.24) is 21.3 Å². The van der Waals surface area contributed by atoms with E-state index in [9.17, 15) is 45.3 Å². The maximum atomic E-state index is 12.6. The van der Waals surface area contributed by atoms with Gasteiger partial charge in [0.1, 0.15) is 36.5 Å². The van der Waals surface area contributed by atoms with Crippen molar-refractivity contribution in [3.05, 3.63) is 0 Å². The molecule has 1 fully saturated rings. The molecule has 39 heavy (non-hydrogen) atoms. The van der Waals surface area contributed by atoms with E-state index in [0.717, 1.165) is 0 Å². The third-order valence-electron chi connectivity index (χ3n) is 6.33. The van der Waals surface area contributed by atoms with E-state index in [-0.39, 0.29) is 24.6 Å². The first-order chi connectivity index (χ1) is 18.3. The number of carbonyl (C=O) groups excluding carboxylic acids is 2. The molecule has 1 saturated heterocycles. The number of rotatable bonds is 17. The smallest absolute Gasteiger partial charge is 0.238 e. The summed E-state index contributed by atoms with van der Waals surface area (Å²) in [5.74, 6) is -2.31. The molecule has 16 nitrogen and oxygen atoms in total. The summed E-state index contributed by atoms with van der Waals surface area (Å²) in [6, 6.07) is -4.95. The third-order valence-corrected chi connectivity index (χ3v) is 7.06. The number of aliphatic hydroxyl groups is 9. The summed E-state index contributed by atoms with van der Waals surface area (Å²) in [5.41, 5.74) is 0. The Labute approximate surface area is 236 Å². The summed E-state index contributed by atoms with van der Waals surface area (Å²) in [6.07, 6.45) is -11.6. The molecule has 0 aromatic heterocycles. The van der Waals surface area contributed by atoms with Gasteiger partial charge in [-0.3, -0.25) is 9.59 Å². The van der Waals surface area contributed by atoms with Gasteiger partial charge in [-0.15, -0.1) is 0 Å². The minimum Gasteiger partial charge on any atom is -0.396 e. The van der Waals surface area contributed by atoms with Crippen LogP contribution in [0.3, 0.4) is 0 Å². The molecule has 0 aromatic rings. The summed E-state index contributed by atoms with van der Waals surface area (Å²) in [6.45, 7) is 0.495. The lowest BCUT2D eigenvalue weighted by atomic mass is 9.95. The molecule has 0 spiro atoms. The van der Waals surface area contributed by atoms with Crippen molar-refractivity contribution in [2.24, 2.45) is 5.92 Å². The Morgan fingerprint density at radius 1 is 0.872 bits per heavy atom. The second-order valence-electron chi connectivity index (χ2n) is 9.23. The summed E-state index contributed by atoms with van der Waals surface area (Å²) < 4.78 is 5.01. The molecular formula is C21H42N4O12S2. The summed E-state index contributed by atoms with van der Waals surface area (Å²) in [5, 5.41) is 98.2. The Kier molecular flexibility index (Phi) is 16.6. The van der Waals surface area contributed by atoms with Crippen molar-refractivity contribution >= 4 is 37.1 Å². The van der Waals surface area contributed by atoms with Crippen LogP contribution < -0.4 is 21.3 Å². The van der Waals surface area contributed by atoms with Crippen LogP contribution in [0.25, 0.3) is 0 Å². The van der Waals surface area contributed by atoms with Crippen molar-refractivity contribution in [2.45, 2.75) is 74.2 Å². The molecule has 1 aliphatic rings. The SMILES string of the molecule is CC(CO)C(O)C(O)C(NC(=O)C(CS)NCCNC(CS)C(=O)NC1C(O)OC(CO)C(O)C1O)C(O)O. The molecule has 0 bridgehead atoms. The van der Waals surface area contributed by atoms with E-state index in [4.69, 9.17) is 14.9 Å². The van der Waals surface area contributed by atoms with Crippen LogP contribution in [0.15, 0.2) is 0 Å². The van der Waals surface area contributed by atoms with E-state index in [0.29, 0.717) is 0 Å². The van der Waals surface area contributed by atoms with Gasteiger partial charge < -0.3 is 72.0 Å². The summed E-state index contributed by atoms with van der Waals surface area (Å²) >= 11 is 8.20. The Hall–Kier alpha value is -0.840. The third kappa shape index (κ3) is 10.5. The lowest BCUT2D eigenvalue weighted by Gasteiger charge is -2.40. The second-order valence-corrected chi connectivity index (χ2v) is 9.96. The fourth-order valence-corrected chi connectivity index (χ4v) is 4.34. The van der Waals surface area contributed by atoms with Gasteiger partial charge in [-0.2, -0.15) is 25.3 Å². The highest BCUT2D eigenvalue weighted by molar-refractivity contribution is 7.80. The molecule has 230 valence electrons. The van der Waals surface area contributed by atoms with Gasteiger partial charge in [0.15, 0.2) is 12.6 Å². The van der Waals surface area contributed by atoms with E-state index in [1.807, 2.05) is 0 Å². The average molecular weight is 607 g/mol. The summed E-state index contributed by atoms with van der Waals surface area (Å²) in [4.78, 5) is 25.2. The molecular weight excluding hydrogens is 564 g/mol. The first-order valence-corrected chi connectivity index (χ1v) is 13.5. The zero-order chi connectivity index (χ0) is 29.9. The van der Waals surface area contributed by atoms with E-state index in [1.165, 1.54) is 6.92 Å². The first-order valence-electron chi connectivity index (χ1n) is 12.3. The van der Waals surface area contributed by atoms with Gasteiger partial charge in [0, 0.05) is 37.1 Å². The zero-order valence-corrected chi connectivity index (χ0v) is 23.1. The van der Waals surface area contributed by atoms with Crippen molar-refractivity contribution in [3.8, 4) is 0 Å². The number of nitrogens with one attached hydrogen (secondary N) is 4. The lowest BCUT2D eigenvalue weighted by molar-refractivity contribution is -0.253. The van der Waals surface area contributed by atoms with Crippen LogP contribution in [-0.4, -0.2) is 163 Å². The number of amides is 2. The van der Waals surface area contributed by atoms with Crippen molar-refractivity contribution < 1.29 is 60.3 Å². The van der Waals surface area contributed by atoms with Crippen LogP contribution in [0, 0.1) is 5.92 Å². The van der Waals surface area contributed by atoms with E-state index in [1.54, 1.807) is 0 Å². The largest absolute Gasteiger partial charge is 0.396 e. The van der Waals surface area contributed by atoms with Crippen LogP contribution in [-0.2, 0) is 14.3 Å². The molecule has 13 N–H and O–H groups in total. The van der Waals surface area contributed by atoms with Crippen LogP contribution in [0.2, 0.25) is 0 Å². The quantitative estimate of drug-likeness (QED) is 0.0416. The number of hydrogen-bond donors (Lipinski definition) is 15. The molecule has 1 aliphatic heterocycles. The molecule has 1 rings (SSSR count). The van der Waals surface area contributed by atoms with E-state index < -0.39 is 98.2 Å². The summed E-state index contributed by atoms with van der Waals surface area (Å²) in [7, 11) is 0. The van der Waals surface area contributed by atoms with Gasteiger partial charge in [-0.05, 0) is 0 Å². The Morgan fingerprint density at radius 2 is 1.41 bits per heavy atom. The molecule has 11 atom stereocenters. The van der Waals surface area contributed by atoms with Crippen molar-refractivity contribution in [3.63, 3.8) is 0 Å². The van der Waals surface area contributed by atoms with Crippen LogP contribution in [0.5, 0.6) is 0 Å². The minimum atomic E-state index is -2.22. The van der Waals surface area contributed by atoms with Crippen LogP contribution in [0.4, 0.5) is 0 Å². The average Bonchev–Trinajstić information content (AvgIpc) is 2.91. The van der Waals surface area contributed by atoms with Gasteiger partial charge in [-0.25, -0.2) is 0 Å². The fraction of sp³-hybridized carbons (Fsp3) is 0.905. The molecule has 11 unspecified atom stereocenters. The number of hydrogen-bond acceptors (Lipinski definition) is 16. The molecule has 0 aliphatic carbocycles. The molecule has 0 aromatic carbocycles. The van der Waals surface area contributed by atoms with Gasteiger partial charge >= 0.3 is 0 Å². The lowest BCUT2D eigenvalue weighted by Crippen LogP contribution is -2.65. The minimum absolute atomic E-state index is 0.00749. The molecule has 0 saturated carbocycles. The predicted molar refractivity (Wildman–Crippen MR) is 142 cm³/mol. The maximum absolute atomic E-state index is 12.6. The van der Waals surface area contributed by atoms with Crippen molar-refractivity contribution in [1.29, 1.82) is 0 Å². The zero-order valence-electron chi connectivity index (χ0n) is 21.3. The molecule has 0 radical (unpaired) electrons. The first kappa shape index (κ1) is 36.2. The number of ether oxygens (including phenoxy) is 1. The Morgan fingerprint density at radius 3 is 1.87 bits per heavy atom. The van der Waals surface area contributed by atoms with Crippen molar-refractivity contribution in [2.75, 3.05) is 37.8 Å². The second kappa shape index (κ2) is 17.9. The predicted octanol–water partition coefficient (Wildman–Crippen LogP) is -7.18. The highest BCUT2D eigenvalue weighted by Gasteiger charge is 2.44. The number of thiol groups is 2. The maximum Gasteiger partial charge on any atom is 0.238 e. The topological polar surface area (TPSA) is 274 Å². The van der Waals surface area contributed by atoms with E-state index in [2.05, 4.69) is 46.5 Å². The van der Waals surface area contributed by atoms with Gasteiger partial charge in [0.25, 0.3) is 0 Å². The standard InChI is InChI=1S/C21H42N4O12S2/c1-8(4-26)14(28)16(30)12(20(34)35)24-18(32)9(6-38)22-2-3-23-10(7-39)19(33)25-13-17(31)15(29)11(5-27)37-21(13)36/h8-17,20-23,26-31,34-36,38-39H,2-7H2,1H3,(H,24,32)(H,25,33). The van der Waals surface area contributed by atoms with Crippen LogP contribution in [0.1, 0.15) is 6.92 Å². The fourth-order valence-electron chi connectivity index (χ4n) is 3.75. The number of aliphatic hydroxyl groups excluding tert-OH is 8. The highest BCUT2D eigenvalue weighted by atomic mass is 32.1. The molecule has 18 heteroatoms. The number of carbonyl (C=O) groups is 2. The Balaban J connectivity index is 2.62. The van der Waals surface area contributed by atoms with Gasteiger partial charge in [-0.1, -0.05) is 6.92 Å². The highest BCUT2D eigenvalue weighted by Crippen LogP contribution is 2.20. The van der Waals surface area contributed by atoms with E-state index >= 15 is 0 Å². The normalized spacial score (nSPS) is 28.3. The Bertz CT molecular complexity index is 745. The van der Waals surface area contributed by atoms with Gasteiger partial charge in [0.05, 0.1) is 24.8 Å².